The highest BCUT2D eigenvalue weighted by molar-refractivity contribution is 6.46. The molecule has 1 fully saturated rings. The molecule has 5 heteroatoms. The van der Waals surface area contributed by atoms with Gasteiger partial charge in [-0.2, -0.15) is 0 Å². The Morgan fingerprint density at radius 1 is 0.971 bits per heavy atom. The van der Waals surface area contributed by atoms with Crippen LogP contribution in [0, 0.1) is 0 Å². The molecule has 3 aromatic carbocycles. The topological polar surface area (TPSA) is 66.8 Å². The Kier molecular flexibility index (Phi) is 6.82. The summed E-state index contributed by atoms with van der Waals surface area (Å²) >= 11 is 0. The molecule has 1 atom stereocenters. The summed E-state index contributed by atoms with van der Waals surface area (Å²) in [6.07, 6.45) is 0. The molecule has 0 radical (unpaired) electrons. The van der Waals surface area contributed by atoms with Gasteiger partial charge >= 0.3 is 0 Å². The van der Waals surface area contributed by atoms with Crippen LogP contribution in [0.2, 0.25) is 0 Å². The lowest BCUT2D eigenvalue weighted by molar-refractivity contribution is -0.140. The third-order valence-electron chi connectivity index (χ3n) is 6.07. The van der Waals surface area contributed by atoms with Gasteiger partial charge in [-0.05, 0) is 41.7 Å². The average Bonchev–Trinajstić information content (AvgIpc) is 3.09. The lowest BCUT2D eigenvalue weighted by Crippen LogP contribution is -2.29. The first-order chi connectivity index (χ1) is 16.4. The maximum absolute atomic E-state index is 13.2. The lowest BCUT2D eigenvalue weighted by atomic mass is 9.93. The van der Waals surface area contributed by atoms with Gasteiger partial charge in [-0.25, -0.2) is 0 Å². The summed E-state index contributed by atoms with van der Waals surface area (Å²) in [4.78, 5) is 28.0. The number of ether oxygens (including phenoxy) is 1. The highest BCUT2D eigenvalue weighted by atomic mass is 16.5. The van der Waals surface area contributed by atoms with E-state index < -0.39 is 17.7 Å². The Balaban J connectivity index is 1.84. The molecule has 3 aromatic rings. The summed E-state index contributed by atoms with van der Waals surface area (Å²) in [6.45, 7) is 6.85. The molecule has 5 nitrogen and oxygen atoms in total. The minimum absolute atomic E-state index is 0.0897. The lowest BCUT2D eigenvalue weighted by Gasteiger charge is -2.26. The Labute approximate surface area is 200 Å². The fourth-order valence-electron chi connectivity index (χ4n) is 4.29. The number of carbonyl (C=O) groups excluding carboxylic acids is 2. The van der Waals surface area contributed by atoms with Gasteiger partial charge in [0.1, 0.15) is 11.5 Å². The van der Waals surface area contributed by atoms with E-state index in [0.717, 1.165) is 16.7 Å². The molecule has 0 bridgehead atoms. The number of likely N-dealkylation sites (tertiary alicyclic amines) is 1. The molecule has 1 aliphatic rings. The van der Waals surface area contributed by atoms with Crippen molar-refractivity contribution >= 4 is 17.4 Å². The van der Waals surface area contributed by atoms with Crippen molar-refractivity contribution in [3.63, 3.8) is 0 Å². The number of benzene rings is 3. The number of rotatable bonds is 7. The number of aliphatic hydroxyl groups is 1. The zero-order valence-corrected chi connectivity index (χ0v) is 19.7. The SMILES string of the molecule is CCOc1cccc(/C(O)=C2\C(=O)C(=O)N(Cc3ccccc3)C2c2ccc(C(C)C)cc2)c1. The number of hydrogen-bond acceptors (Lipinski definition) is 4. The van der Waals surface area contributed by atoms with Gasteiger partial charge in [0.25, 0.3) is 11.7 Å². The number of carbonyl (C=O) groups is 2. The van der Waals surface area contributed by atoms with Gasteiger partial charge in [-0.3, -0.25) is 9.59 Å². The Hall–Kier alpha value is -3.86. The summed E-state index contributed by atoms with van der Waals surface area (Å²) in [5.74, 6) is -0.570. The van der Waals surface area contributed by atoms with E-state index in [9.17, 15) is 14.7 Å². The van der Waals surface area contributed by atoms with Crippen LogP contribution in [0.3, 0.4) is 0 Å². The minimum Gasteiger partial charge on any atom is -0.507 e. The van der Waals surface area contributed by atoms with Gasteiger partial charge < -0.3 is 14.7 Å². The number of Topliss-reactive ketones (excluding diaryl/α,β-unsaturated/α-hetero) is 1. The van der Waals surface area contributed by atoms with Crippen LogP contribution in [0.5, 0.6) is 5.75 Å². The average molecular weight is 456 g/mol. The van der Waals surface area contributed by atoms with E-state index in [1.54, 1.807) is 29.2 Å². The van der Waals surface area contributed by atoms with E-state index in [4.69, 9.17) is 4.74 Å². The second-order valence-corrected chi connectivity index (χ2v) is 8.69. The molecule has 1 heterocycles. The van der Waals surface area contributed by atoms with Crippen LogP contribution >= 0.6 is 0 Å². The standard InChI is InChI=1S/C29H29NO4/c1-4-34-24-12-8-11-23(17-24)27(31)25-26(22-15-13-21(14-16-22)19(2)3)30(29(33)28(25)32)18-20-9-6-5-7-10-20/h5-17,19,26,31H,4,18H2,1-3H3/b27-25+. The van der Waals surface area contributed by atoms with Gasteiger partial charge in [-0.1, -0.05) is 80.6 Å². The van der Waals surface area contributed by atoms with Crippen molar-refractivity contribution < 1.29 is 19.4 Å². The summed E-state index contributed by atoms with van der Waals surface area (Å²) in [5.41, 5.74) is 3.38. The normalized spacial score (nSPS) is 17.4. The monoisotopic (exact) mass is 455 g/mol. The predicted molar refractivity (Wildman–Crippen MR) is 132 cm³/mol. The number of hydrogen-bond donors (Lipinski definition) is 1. The molecular formula is C29H29NO4. The molecular weight excluding hydrogens is 426 g/mol. The van der Waals surface area contributed by atoms with Crippen molar-refractivity contribution in [1.82, 2.24) is 4.90 Å². The molecule has 4 rings (SSSR count). The first-order valence-corrected chi connectivity index (χ1v) is 11.6. The first-order valence-electron chi connectivity index (χ1n) is 11.6. The van der Waals surface area contributed by atoms with Gasteiger partial charge in [0.2, 0.25) is 0 Å². The molecule has 0 aliphatic carbocycles. The summed E-state index contributed by atoms with van der Waals surface area (Å²) in [5, 5.41) is 11.3. The van der Waals surface area contributed by atoms with E-state index >= 15 is 0 Å². The van der Waals surface area contributed by atoms with Crippen LogP contribution in [0.15, 0.2) is 84.4 Å². The van der Waals surface area contributed by atoms with Gasteiger partial charge in [0.15, 0.2) is 0 Å². The van der Waals surface area contributed by atoms with Gasteiger partial charge in [-0.15, -0.1) is 0 Å². The van der Waals surface area contributed by atoms with Crippen molar-refractivity contribution in [2.75, 3.05) is 6.61 Å². The van der Waals surface area contributed by atoms with Crippen LogP contribution in [0.4, 0.5) is 0 Å². The zero-order chi connectivity index (χ0) is 24.2. The molecule has 0 saturated carbocycles. The van der Waals surface area contributed by atoms with Crippen molar-refractivity contribution in [2.45, 2.75) is 39.3 Å². The molecule has 0 aromatic heterocycles. The van der Waals surface area contributed by atoms with Crippen molar-refractivity contribution in [1.29, 1.82) is 0 Å². The Bertz CT molecular complexity index is 1210. The fraction of sp³-hybridized carbons (Fsp3) is 0.241. The fourth-order valence-corrected chi connectivity index (χ4v) is 4.29. The second kappa shape index (κ2) is 9.96. The van der Waals surface area contributed by atoms with E-state index in [2.05, 4.69) is 13.8 Å². The smallest absolute Gasteiger partial charge is 0.295 e. The predicted octanol–water partition coefficient (Wildman–Crippen LogP) is 5.83. The second-order valence-electron chi connectivity index (χ2n) is 8.69. The Morgan fingerprint density at radius 3 is 2.32 bits per heavy atom. The van der Waals surface area contributed by atoms with E-state index in [-0.39, 0.29) is 17.9 Å². The van der Waals surface area contributed by atoms with E-state index in [0.29, 0.717) is 23.8 Å². The first kappa shape index (κ1) is 23.3. The van der Waals surface area contributed by atoms with Crippen molar-refractivity contribution in [3.8, 4) is 5.75 Å². The number of ketones is 1. The van der Waals surface area contributed by atoms with Crippen LogP contribution < -0.4 is 4.74 Å². The molecule has 34 heavy (non-hydrogen) atoms. The Morgan fingerprint density at radius 2 is 1.68 bits per heavy atom. The van der Waals surface area contributed by atoms with Crippen molar-refractivity contribution in [3.05, 3.63) is 107 Å². The molecule has 1 N–H and O–H groups in total. The zero-order valence-electron chi connectivity index (χ0n) is 19.7. The molecule has 1 amide bonds. The minimum atomic E-state index is -0.697. The highest BCUT2D eigenvalue weighted by Crippen LogP contribution is 2.41. The molecule has 1 aliphatic heterocycles. The number of nitrogens with zero attached hydrogens (tertiary/aromatic N) is 1. The third-order valence-corrected chi connectivity index (χ3v) is 6.07. The van der Waals surface area contributed by atoms with Crippen LogP contribution in [-0.2, 0) is 16.1 Å². The largest absolute Gasteiger partial charge is 0.507 e. The highest BCUT2D eigenvalue weighted by Gasteiger charge is 2.46. The third kappa shape index (κ3) is 4.60. The van der Waals surface area contributed by atoms with Crippen molar-refractivity contribution in [2.24, 2.45) is 0 Å². The van der Waals surface area contributed by atoms with Gasteiger partial charge in [0, 0.05) is 12.1 Å². The summed E-state index contributed by atoms with van der Waals surface area (Å²) in [6, 6.07) is 23.7. The molecule has 1 unspecified atom stereocenters. The summed E-state index contributed by atoms with van der Waals surface area (Å²) < 4.78 is 5.56. The quantitative estimate of drug-likeness (QED) is 0.276. The number of aliphatic hydroxyl groups excluding tert-OH is 1. The van der Waals surface area contributed by atoms with E-state index in [1.165, 1.54) is 0 Å². The summed E-state index contributed by atoms with van der Waals surface area (Å²) in [7, 11) is 0. The van der Waals surface area contributed by atoms with E-state index in [1.807, 2.05) is 61.5 Å². The van der Waals surface area contributed by atoms with Crippen LogP contribution in [-0.4, -0.2) is 28.3 Å². The molecule has 1 saturated heterocycles. The maximum Gasteiger partial charge on any atom is 0.295 e. The van der Waals surface area contributed by atoms with Crippen LogP contribution in [0.25, 0.3) is 5.76 Å². The van der Waals surface area contributed by atoms with Crippen LogP contribution in [0.1, 0.15) is 55.0 Å². The molecule has 174 valence electrons. The number of amides is 1. The van der Waals surface area contributed by atoms with Gasteiger partial charge in [0.05, 0.1) is 18.2 Å². The maximum atomic E-state index is 13.2. The molecule has 0 spiro atoms.